The molecule has 3 unspecified atom stereocenters. The SMILES string of the molecule is CCNC(=NCC(O)c1ccc(OC(C)C)cc1)NCC1CCCOC1C(C)(C)C. The summed E-state index contributed by atoms with van der Waals surface area (Å²) in [6, 6.07) is 7.57. The molecule has 0 bridgehead atoms. The van der Waals surface area contributed by atoms with Gasteiger partial charge >= 0.3 is 0 Å². The third kappa shape index (κ3) is 7.80. The summed E-state index contributed by atoms with van der Waals surface area (Å²) in [6.45, 7) is 15.5. The number of benzene rings is 1. The van der Waals surface area contributed by atoms with Crippen molar-refractivity contribution in [1.29, 1.82) is 0 Å². The van der Waals surface area contributed by atoms with Gasteiger partial charge in [-0.05, 0) is 56.7 Å². The predicted octanol–water partition coefficient (Wildman–Crippen LogP) is 3.90. The molecule has 1 saturated heterocycles. The number of aliphatic hydroxyl groups is 1. The van der Waals surface area contributed by atoms with Crippen molar-refractivity contribution in [1.82, 2.24) is 10.6 Å². The maximum absolute atomic E-state index is 10.6. The lowest BCUT2D eigenvalue weighted by Gasteiger charge is -2.40. The van der Waals surface area contributed by atoms with E-state index in [1.807, 2.05) is 45.0 Å². The number of rotatable bonds is 8. The number of hydrogen-bond donors (Lipinski definition) is 3. The topological polar surface area (TPSA) is 75.1 Å². The van der Waals surface area contributed by atoms with Gasteiger partial charge in [0.25, 0.3) is 0 Å². The van der Waals surface area contributed by atoms with Gasteiger partial charge in [-0.2, -0.15) is 0 Å². The molecular formula is C24H41N3O3. The summed E-state index contributed by atoms with van der Waals surface area (Å²) < 4.78 is 11.7. The fourth-order valence-corrected chi connectivity index (χ4v) is 3.90. The Hall–Kier alpha value is -1.79. The van der Waals surface area contributed by atoms with Gasteiger partial charge in [0.05, 0.1) is 24.9 Å². The molecule has 0 aliphatic carbocycles. The Balaban J connectivity index is 1.94. The van der Waals surface area contributed by atoms with E-state index in [0.29, 0.717) is 12.5 Å². The Morgan fingerprint density at radius 1 is 1.23 bits per heavy atom. The van der Waals surface area contributed by atoms with Gasteiger partial charge in [0.15, 0.2) is 5.96 Å². The molecule has 0 amide bonds. The normalized spacial score (nSPS) is 21.4. The zero-order valence-corrected chi connectivity index (χ0v) is 19.6. The van der Waals surface area contributed by atoms with Gasteiger partial charge < -0.3 is 25.2 Å². The highest BCUT2D eigenvalue weighted by Gasteiger charge is 2.35. The quantitative estimate of drug-likeness (QED) is 0.440. The molecular weight excluding hydrogens is 378 g/mol. The van der Waals surface area contributed by atoms with E-state index in [2.05, 4.69) is 36.4 Å². The summed E-state index contributed by atoms with van der Waals surface area (Å²) in [5, 5.41) is 17.3. The molecule has 6 heteroatoms. The first-order chi connectivity index (χ1) is 14.2. The Morgan fingerprint density at radius 3 is 2.53 bits per heavy atom. The van der Waals surface area contributed by atoms with Gasteiger partial charge in [-0.25, -0.2) is 0 Å². The number of ether oxygens (including phenoxy) is 2. The Labute approximate surface area is 182 Å². The maximum atomic E-state index is 10.6. The average Bonchev–Trinajstić information content (AvgIpc) is 2.69. The molecule has 30 heavy (non-hydrogen) atoms. The first-order valence-electron chi connectivity index (χ1n) is 11.3. The van der Waals surface area contributed by atoms with Crippen molar-refractivity contribution in [3.05, 3.63) is 29.8 Å². The van der Waals surface area contributed by atoms with Crippen molar-refractivity contribution in [2.24, 2.45) is 16.3 Å². The molecule has 3 N–H and O–H groups in total. The number of nitrogens with one attached hydrogen (secondary N) is 2. The molecule has 0 spiro atoms. The summed E-state index contributed by atoms with van der Waals surface area (Å²) in [6.07, 6.45) is 1.96. The van der Waals surface area contributed by atoms with Crippen LogP contribution in [-0.2, 0) is 4.74 Å². The molecule has 1 aliphatic rings. The van der Waals surface area contributed by atoms with Crippen LogP contribution in [0.5, 0.6) is 5.75 Å². The Kier molecular flexibility index (Phi) is 9.43. The first kappa shape index (κ1) is 24.5. The summed E-state index contributed by atoms with van der Waals surface area (Å²) in [5.74, 6) is 1.98. The largest absolute Gasteiger partial charge is 0.491 e. The predicted molar refractivity (Wildman–Crippen MR) is 123 cm³/mol. The smallest absolute Gasteiger partial charge is 0.191 e. The van der Waals surface area contributed by atoms with Crippen molar-refractivity contribution >= 4 is 5.96 Å². The number of aliphatic hydroxyl groups excluding tert-OH is 1. The standard InChI is InChI=1S/C24H41N3O3/c1-7-25-23(26-15-19-9-8-14-29-22(19)24(4,5)6)27-16-21(28)18-10-12-20(13-11-18)30-17(2)3/h10-13,17,19,21-22,28H,7-9,14-16H2,1-6H3,(H2,25,26,27). The average molecular weight is 420 g/mol. The van der Waals surface area contributed by atoms with E-state index in [-0.39, 0.29) is 17.6 Å². The van der Waals surface area contributed by atoms with Crippen molar-refractivity contribution in [3.63, 3.8) is 0 Å². The van der Waals surface area contributed by atoms with Crippen LogP contribution in [0.25, 0.3) is 0 Å². The van der Waals surface area contributed by atoms with E-state index in [4.69, 9.17) is 9.47 Å². The molecule has 1 aromatic carbocycles. The van der Waals surface area contributed by atoms with Gasteiger partial charge in [-0.1, -0.05) is 32.9 Å². The van der Waals surface area contributed by atoms with E-state index >= 15 is 0 Å². The van der Waals surface area contributed by atoms with Gasteiger partial charge in [-0.15, -0.1) is 0 Å². The highest BCUT2D eigenvalue weighted by molar-refractivity contribution is 5.79. The van der Waals surface area contributed by atoms with E-state index in [0.717, 1.165) is 49.8 Å². The van der Waals surface area contributed by atoms with Crippen LogP contribution in [0.1, 0.15) is 66.1 Å². The number of aliphatic imine (C=N–C) groups is 1. The monoisotopic (exact) mass is 419 g/mol. The summed E-state index contributed by atoms with van der Waals surface area (Å²) in [5.41, 5.74) is 0.948. The molecule has 3 atom stereocenters. The van der Waals surface area contributed by atoms with E-state index < -0.39 is 6.10 Å². The second-order valence-electron chi connectivity index (χ2n) is 9.41. The second-order valence-corrected chi connectivity index (χ2v) is 9.41. The highest BCUT2D eigenvalue weighted by Crippen LogP contribution is 2.33. The molecule has 0 saturated carbocycles. The molecule has 1 aliphatic heterocycles. The lowest BCUT2D eigenvalue weighted by atomic mass is 9.78. The van der Waals surface area contributed by atoms with Crippen LogP contribution in [0.4, 0.5) is 0 Å². The van der Waals surface area contributed by atoms with Gasteiger partial charge in [0.2, 0.25) is 0 Å². The molecule has 6 nitrogen and oxygen atoms in total. The van der Waals surface area contributed by atoms with Crippen molar-refractivity contribution in [3.8, 4) is 5.75 Å². The zero-order valence-electron chi connectivity index (χ0n) is 19.6. The van der Waals surface area contributed by atoms with Gasteiger partial charge in [0.1, 0.15) is 5.75 Å². The fraction of sp³-hybridized carbons (Fsp3) is 0.708. The maximum Gasteiger partial charge on any atom is 0.191 e. The van der Waals surface area contributed by atoms with Crippen LogP contribution in [0, 0.1) is 11.3 Å². The third-order valence-electron chi connectivity index (χ3n) is 5.23. The minimum atomic E-state index is -0.658. The molecule has 170 valence electrons. The van der Waals surface area contributed by atoms with Crippen LogP contribution in [0.15, 0.2) is 29.3 Å². The Morgan fingerprint density at radius 2 is 1.93 bits per heavy atom. The Bertz CT molecular complexity index is 653. The molecule has 1 aromatic rings. The lowest BCUT2D eigenvalue weighted by Crippen LogP contribution is -2.47. The molecule has 0 aromatic heterocycles. The van der Waals surface area contributed by atoms with Crippen LogP contribution < -0.4 is 15.4 Å². The highest BCUT2D eigenvalue weighted by atomic mass is 16.5. The van der Waals surface area contributed by atoms with Crippen LogP contribution in [-0.4, -0.2) is 49.5 Å². The summed E-state index contributed by atoms with van der Waals surface area (Å²) in [4.78, 5) is 4.60. The van der Waals surface area contributed by atoms with E-state index in [9.17, 15) is 5.11 Å². The third-order valence-corrected chi connectivity index (χ3v) is 5.23. The van der Waals surface area contributed by atoms with E-state index in [1.165, 1.54) is 0 Å². The second kappa shape index (κ2) is 11.6. The lowest BCUT2D eigenvalue weighted by molar-refractivity contribution is -0.0835. The molecule has 0 radical (unpaired) electrons. The molecule has 1 fully saturated rings. The van der Waals surface area contributed by atoms with Gasteiger partial charge in [-0.3, -0.25) is 4.99 Å². The van der Waals surface area contributed by atoms with Crippen LogP contribution in [0.3, 0.4) is 0 Å². The van der Waals surface area contributed by atoms with Crippen molar-refractivity contribution < 1.29 is 14.6 Å². The first-order valence-corrected chi connectivity index (χ1v) is 11.3. The number of guanidine groups is 1. The fourth-order valence-electron chi connectivity index (χ4n) is 3.90. The summed E-state index contributed by atoms with van der Waals surface area (Å²) >= 11 is 0. The molecule has 1 heterocycles. The van der Waals surface area contributed by atoms with Crippen molar-refractivity contribution in [2.45, 2.75) is 72.7 Å². The zero-order chi connectivity index (χ0) is 22.1. The van der Waals surface area contributed by atoms with Gasteiger partial charge in [0, 0.05) is 25.6 Å². The van der Waals surface area contributed by atoms with Crippen molar-refractivity contribution in [2.75, 3.05) is 26.2 Å². The van der Waals surface area contributed by atoms with Crippen LogP contribution >= 0.6 is 0 Å². The van der Waals surface area contributed by atoms with Crippen LogP contribution in [0.2, 0.25) is 0 Å². The summed E-state index contributed by atoms with van der Waals surface area (Å²) in [7, 11) is 0. The minimum Gasteiger partial charge on any atom is -0.491 e. The molecule has 2 rings (SSSR count). The minimum absolute atomic E-state index is 0.115. The number of nitrogens with zero attached hydrogens (tertiary/aromatic N) is 1. The van der Waals surface area contributed by atoms with E-state index in [1.54, 1.807) is 0 Å². The number of hydrogen-bond acceptors (Lipinski definition) is 4.